The van der Waals surface area contributed by atoms with E-state index in [4.69, 9.17) is 4.74 Å². The highest BCUT2D eigenvalue weighted by Gasteiger charge is 2.26. The lowest BCUT2D eigenvalue weighted by molar-refractivity contribution is -0.125. The zero-order valence-electron chi connectivity index (χ0n) is 13.5. The molecule has 1 atom stereocenters. The van der Waals surface area contributed by atoms with E-state index in [1.807, 2.05) is 6.07 Å². The highest BCUT2D eigenvalue weighted by molar-refractivity contribution is 5.79. The zero-order chi connectivity index (χ0) is 15.9. The first-order valence-electron chi connectivity index (χ1n) is 8.43. The van der Waals surface area contributed by atoms with Gasteiger partial charge in [-0.15, -0.1) is 0 Å². The summed E-state index contributed by atoms with van der Waals surface area (Å²) in [4.78, 5) is 25.4. The van der Waals surface area contributed by atoms with Crippen molar-refractivity contribution in [1.82, 2.24) is 20.2 Å². The lowest BCUT2D eigenvalue weighted by Crippen LogP contribution is -2.46. The summed E-state index contributed by atoms with van der Waals surface area (Å²) < 4.78 is 5.33. The first kappa shape index (κ1) is 16.1. The number of hydrogen-bond donors (Lipinski definition) is 1. The number of nitrogens with one attached hydrogen (secondary N) is 1. The number of rotatable bonds is 5. The van der Waals surface area contributed by atoms with Gasteiger partial charge in [-0.1, -0.05) is 0 Å². The van der Waals surface area contributed by atoms with E-state index in [1.165, 1.54) is 0 Å². The first-order valence-corrected chi connectivity index (χ1v) is 8.43. The molecule has 2 saturated heterocycles. The third-order valence-corrected chi connectivity index (χ3v) is 4.46. The molecule has 1 aromatic rings. The standard InChI is InChI=1S/C16H25N5O2/c22-15(17-6-8-20-9-11-23-12-10-20)14-3-1-7-21(13-14)16-18-4-2-5-19-16/h2,4-5,14H,1,3,6-13H2,(H,17,22)/t14-/m1/s1. The fourth-order valence-electron chi connectivity index (χ4n) is 3.13. The predicted molar refractivity (Wildman–Crippen MR) is 87.2 cm³/mol. The number of aromatic nitrogens is 2. The molecule has 0 bridgehead atoms. The van der Waals surface area contributed by atoms with Crippen LogP contribution in [0.25, 0.3) is 0 Å². The first-order chi connectivity index (χ1) is 11.3. The molecule has 1 N–H and O–H groups in total. The van der Waals surface area contributed by atoms with Crippen LogP contribution in [-0.4, -0.2) is 73.3 Å². The highest BCUT2D eigenvalue weighted by atomic mass is 16.5. The molecule has 1 aromatic heterocycles. The second-order valence-corrected chi connectivity index (χ2v) is 6.08. The van der Waals surface area contributed by atoms with Crippen LogP contribution in [0.2, 0.25) is 0 Å². The lowest BCUT2D eigenvalue weighted by Gasteiger charge is -2.32. The van der Waals surface area contributed by atoms with Gasteiger partial charge in [0.2, 0.25) is 11.9 Å². The Labute approximate surface area is 137 Å². The van der Waals surface area contributed by atoms with Crippen LogP contribution in [0, 0.1) is 5.92 Å². The second kappa shape index (κ2) is 8.21. The summed E-state index contributed by atoms with van der Waals surface area (Å²) in [5.41, 5.74) is 0. The van der Waals surface area contributed by atoms with Crippen molar-refractivity contribution >= 4 is 11.9 Å². The molecule has 0 saturated carbocycles. The number of nitrogens with zero attached hydrogens (tertiary/aromatic N) is 4. The van der Waals surface area contributed by atoms with Gasteiger partial charge in [0.25, 0.3) is 0 Å². The summed E-state index contributed by atoms with van der Waals surface area (Å²) in [5, 5.41) is 3.08. The van der Waals surface area contributed by atoms with Gasteiger partial charge in [0.15, 0.2) is 0 Å². The molecule has 2 aliphatic heterocycles. The van der Waals surface area contributed by atoms with Gasteiger partial charge < -0.3 is 15.0 Å². The molecule has 2 fully saturated rings. The van der Waals surface area contributed by atoms with Crippen LogP contribution in [0.15, 0.2) is 18.5 Å². The van der Waals surface area contributed by atoms with Crippen molar-refractivity contribution in [2.75, 3.05) is 57.4 Å². The Bertz CT molecular complexity index is 493. The Balaban J connectivity index is 1.43. The molecule has 126 valence electrons. The van der Waals surface area contributed by atoms with Gasteiger partial charge in [-0.05, 0) is 18.9 Å². The average Bonchev–Trinajstić information content (AvgIpc) is 2.63. The van der Waals surface area contributed by atoms with Gasteiger partial charge in [-0.25, -0.2) is 9.97 Å². The van der Waals surface area contributed by atoms with Gasteiger partial charge >= 0.3 is 0 Å². The van der Waals surface area contributed by atoms with Crippen molar-refractivity contribution in [3.8, 4) is 0 Å². The maximum Gasteiger partial charge on any atom is 0.225 e. The number of carbonyl (C=O) groups excluding carboxylic acids is 1. The molecule has 0 spiro atoms. The summed E-state index contributed by atoms with van der Waals surface area (Å²) in [6.45, 7) is 6.72. The van der Waals surface area contributed by atoms with E-state index in [2.05, 4.69) is 25.1 Å². The molecule has 1 amide bonds. The molecule has 0 radical (unpaired) electrons. The van der Waals surface area contributed by atoms with Crippen molar-refractivity contribution in [2.24, 2.45) is 5.92 Å². The van der Waals surface area contributed by atoms with Crippen LogP contribution in [0.4, 0.5) is 5.95 Å². The molecule has 0 unspecified atom stereocenters. The number of piperidine rings is 1. The van der Waals surface area contributed by atoms with E-state index in [9.17, 15) is 4.79 Å². The van der Waals surface area contributed by atoms with E-state index >= 15 is 0 Å². The molecule has 2 aliphatic rings. The number of morpholine rings is 1. The third-order valence-electron chi connectivity index (χ3n) is 4.46. The Morgan fingerprint density at radius 3 is 2.83 bits per heavy atom. The van der Waals surface area contributed by atoms with Crippen molar-refractivity contribution < 1.29 is 9.53 Å². The van der Waals surface area contributed by atoms with Gasteiger partial charge in [0.1, 0.15) is 0 Å². The molecule has 7 heteroatoms. The summed E-state index contributed by atoms with van der Waals surface area (Å²) in [5.74, 6) is 0.898. The zero-order valence-corrected chi connectivity index (χ0v) is 13.5. The number of hydrogen-bond acceptors (Lipinski definition) is 6. The van der Waals surface area contributed by atoms with Gasteiger partial charge in [0.05, 0.1) is 19.1 Å². The van der Waals surface area contributed by atoms with Crippen molar-refractivity contribution in [3.05, 3.63) is 18.5 Å². The topological polar surface area (TPSA) is 70.6 Å². The number of carbonyl (C=O) groups is 1. The number of anilines is 1. The van der Waals surface area contributed by atoms with Crippen molar-refractivity contribution in [2.45, 2.75) is 12.8 Å². The van der Waals surface area contributed by atoms with E-state index in [-0.39, 0.29) is 11.8 Å². The van der Waals surface area contributed by atoms with Crippen LogP contribution in [0.5, 0.6) is 0 Å². The van der Waals surface area contributed by atoms with Crippen molar-refractivity contribution in [3.63, 3.8) is 0 Å². The van der Waals surface area contributed by atoms with Crippen LogP contribution in [0.1, 0.15) is 12.8 Å². The largest absolute Gasteiger partial charge is 0.379 e. The van der Waals surface area contributed by atoms with Gasteiger partial charge in [-0.2, -0.15) is 0 Å². The molecule has 7 nitrogen and oxygen atoms in total. The van der Waals surface area contributed by atoms with E-state index in [0.717, 1.165) is 58.2 Å². The Hall–Kier alpha value is -1.73. The minimum absolute atomic E-state index is 0.0252. The predicted octanol–water partition coefficient (Wildman–Crippen LogP) is 0.141. The van der Waals surface area contributed by atoms with Crippen LogP contribution in [-0.2, 0) is 9.53 Å². The average molecular weight is 319 g/mol. The van der Waals surface area contributed by atoms with Gasteiger partial charge in [0, 0.05) is 51.7 Å². The molecule has 0 aromatic carbocycles. The Morgan fingerprint density at radius 2 is 2.04 bits per heavy atom. The highest BCUT2D eigenvalue weighted by Crippen LogP contribution is 2.19. The summed E-state index contributed by atoms with van der Waals surface area (Å²) in [6.07, 6.45) is 5.43. The quantitative estimate of drug-likeness (QED) is 0.832. The third kappa shape index (κ3) is 4.62. The fraction of sp³-hybridized carbons (Fsp3) is 0.688. The molecular weight excluding hydrogens is 294 g/mol. The molecule has 3 rings (SSSR count). The minimum atomic E-state index is 0.0252. The Morgan fingerprint density at radius 1 is 1.26 bits per heavy atom. The van der Waals surface area contributed by atoms with Gasteiger partial charge in [-0.3, -0.25) is 9.69 Å². The summed E-state index contributed by atoms with van der Waals surface area (Å²) >= 11 is 0. The smallest absolute Gasteiger partial charge is 0.225 e. The SMILES string of the molecule is O=C(NCCN1CCOCC1)[C@@H]1CCCN(c2ncccn2)C1. The minimum Gasteiger partial charge on any atom is -0.379 e. The van der Waals surface area contributed by atoms with E-state index in [0.29, 0.717) is 13.1 Å². The monoisotopic (exact) mass is 319 g/mol. The molecule has 0 aliphatic carbocycles. The number of ether oxygens (including phenoxy) is 1. The second-order valence-electron chi connectivity index (χ2n) is 6.08. The lowest BCUT2D eigenvalue weighted by atomic mass is 9.97. The summed E-state index contributed by atoms with van der Waals surface area (Å²) in [6, 6.07) is 1.81. The molecule has 23 heavy (non-hydrogen) atoms. The fourth-order valence-corrected chi connectivity index (χ4v) is 3.13. The van der Waals surface area contributed by atoms with Crippen LogP contribution < -0.4 is 10.2 Å². The molecule has 3 heterocycles. The normalized spacial score (nSPS) is 22.8. The summed E-state index contributed by atoms with van der Waals surface area (Å²) in [7, 11) is 0. The van der Waals surface area contributed by atoms with Crippen LogP contribution >= 0.6 is 0 Å². The van der Waals surface area contributed by atoms with Crippen molar-refractivity contribution in [1.29, 1.82) is 0 Å². The maximum absolute atomic E-state index is 12.4. The van der Waals surface area contributed by atoms with Crippen LogP contribution in [0.3, 0.4) is 0 Å². The van der Waals surface area contributed by atoms with E-state index < -0.39 is 0 Å². The van der Waals surface area contributed by atoms with E-state index in [1.54, 1.807) is 12.4 Å². The Kier molecular flexibility index (Phi) is 5.76. The maximum atomic E-state index is 12.4. The number of amides is 1. The molecular formula is C16H25N5O2.